The molecule has 0 fully saturated rings. The van der Waals surface area contributed by atoms with E-state index in [-0.39, 0.29) is 0 Å². The third-order valence-electron chi connectivity index (χ3n) is 2.63. The summed E-state index contributed by atoms with van der Waals surface area (Å²) in [7, 11) is 3.27. The van der Waals surface area contributed by atoms with Gasteiger partial charge in [-0.05, 0) is 24.3 Å². The summed E-state index contributed by atoms with van der Waals surface area (Å²) < 4.78 is 16.2. The average molecular weight is 244 g/mol. The van der Waals surface area contributed by atoms with Crippen molar-refractivity contribution in [1.29, 1.82) is 0 Å². The molecular weight excluding hydrogens is 228 g/mol. The second-order valence-corrected chi connectivity index (χ2v) is 3.78. The highest BCUT2D eigenvalue weighted by molar-refractivity contribution is 5.40. The highest BCUT2D eigenvalue weighted by Gasteiger charge is 2.05. The Bertz CT molecular complexity index is 494. The standard InChI is InChI=1S/C15H16O3/c1-16-14-9-8-12(15(10-14)17-2)11-18-13-6-4-3-5-7-13/h3-10H,11H2,1-2H3. The molecule has 0 amide bonds. The molecule has 2 rings (SSSR count). The number of benzene rings is 2. The molecule has 2 aromatic carbocycles. The highest BCUT2D eigenvalue weighted by Crippen LogP contribution is 2.25. The summed E-state index contributed by atoms with van der Waals surface area (Å²) in [5.74, 6) is 2.39. The molecule has 0 aliphatic heterocycles. The normalized spacial score (nSPS) is 9.89. The van der Waals surface area contributed by atoms with Crippen LogP contribution >= 0.6 is 0 Å². The van der Waals surface area contributed by atoms with Gasteiger partial charge in [0.05, 0.1) is 14.2 Å². The van der Waals surface area contributed by atoms with E-state index >= 15 is 0 Å². The summed E-state index contributed by atoms with van der Waals surface area (Å²) in [6.07, 6.45) is 0. The summed E-state index contributed by atoms with van der Waals surface area (Å²) in [6, 6.07) is 15.4. The molecule has 0 atom stereocenters. The van der Waals surface area contributed by atoms with Gasteiger partial charge < -0.3 is 14.2 Å². The Labute approximate surface area is 107 Å². The van der Waals surface area contributed by atoms with E-state index in [1.807, 2.05) is 48.5 Å². The number of rotatable bonds is 5. The van der Waals surface area contributed by atoms with E-state index in [0.717, 1.165) is 22.8 Å². The van der Waals surface area contributed by atoms with Crippen molar-refractivity contribution in [3.05, 3.63) is 54.1 Å². The second kappa shape index (κ2) is 5.96. The zero-order valence-corrected chi connectivity index (χ0v) is 10.6. The molecule has 0 saturated carbocycles. The van der Waals surface area contributed by atoms with Crippen LogP contribution in [0.4, 0.5) is 0 Å². The van der Waals surface area contributed by atoms with Crippen molar-refractivity contribution < 1.29 is 14.2 Å². The van der Waals surface area contributed by atoms with E-state index in [0.29, 0.717) is 6.61 Å². The topological polar surface area (TPSA) is 27.7 Å². The number of hydrogen-bond acceptors (Lipinski definition) is 3. The largest absolute Gasteiger partial charge is 0.497 e. The van der Waals surface area contributed by atoms with Gasteiger partial charge in [-0.2, -0.15) is 0 Å². The van der Waals surface area contributed by atoms with Crippen LogP contribution in [-0.2, 0) is 6.61 Å². The predicted octanol–water partition coefficient (Wildman–Crippen LogP) is 3.28. The summed E-state index contributed by atoms with van der Waals surface area (Å²) in [5, 5.41) is 0. The van der Waals surface area contributed by atoms with E-state index in [2.05, 4.69) is 0 Å². The van der Waals surface area contributed by atoms with Gasteiger partial charge in [-0.3, -0.25) is 0 Å². The van der Waals surface area contributed by atoms with Crippen LogP contribution in [0.5, 0.6) is 17.2 Å². The molecule has 0 aromatic heterocycles. The number of methoxy groups -OCH3 is 2. The second-order valence-electron chi connectivity index (χ2n) is 3.78. The first kappa shape index (κ1) is 12.3. The van der Waals surface area contributed by atoms with Crippen molar-refractivity contribution in [3.8, 4) is 17.2 Å². The van der Waals surface area contributed by atoms with Crippen LogP contribution < -0.4 is 14.2 Å². The zero-order chi connectivity index (χ0) is 12.8. The fraction of sp³-hybridized carbons (Fsp3) is 0.200. The average Bonchev–Trinajstić information content (AvgIpc) is 2.46. The Hall–Kier alpha value is -2.16. The van der Waals surface area contributed by atoms with Gasteiger partial charge in [0.2, 0.25) is 0 Å². The lowest BCUT2D eigenvalue weighted by molar-refractivity contribution is 0.296. The van der Waals surface area contributed by atoms with Gasteiger partial charge in [-0.15, -0.1) is 0 Å². The van der Waals surface area contributed by atoms with Gasteiger partial charge in [0.15, 0.2) is 0 Å². The van der Waals surface area contributed by atoms with E-state index in [1.54, 1.807) is 14.2 Å². The maximum atomic E-state index is 5.69. The summed E-state index contributed by atoms with van der Waals surface area (Å²) in [5.41, 5.74) is 0.988. The lowest BCUT2D eigenvalue weighted by Gasteiger charge is -2.11. The minimum absolute atomic E-state index is 0.469. The maximum absolute atomic E-state index is 5.69. The van der Waals surface area contributed by atoms with E-state index < -0.39 is 0 Å². The van der Waals surface area contributed by atoms with Crippen LogP contribution in [0.15, 0.2) is 48.5 Å². The van der Waals surface area contributed by atoms with E-state index in [1.165, 1.54) is 0 Å². The van der Waals surface area contributed by atoms with Crippen molar-refractivity contribution in [2.75, 3.05) is 14.2 Å². The van der Waals surface area contributed by atoms with Crippen molar-refractivity contribution >= 4 is 0 Å². The third kappa shape index (κ3) is 2.94. The molecule has 3 nitrogen and oxygen atoms in total. The van der Waals surface area contributed by atoms with Gasteiger partial charge in [0.1, 0.15) is 23.9 Å². The molecule has 0 aliphatic rings. The lowest BCUT2D eigenvalue weighted by Crippen LogP contribution is -1.99. The molecule has 0 bridgehead atoms. The zero-order valence-electron chi connectivity index (χ0n) is 10.6. The lowest BCUT2D eigenvalue weighted by atomic mass is 10.2. The van der Waals surface area contributed by atoms with Crippen LogP contribution in [0, 0.1) is 0 Å². The van der Waals surface area contributed by atoms with Crippen LogP contribution in [0.1, 0.15) is 5.56 Å². The fourth-order valence-corrected chi connectivity index (χ4v) is 1.65. The quantitative estimate of drug-likeness (QED) is 0.807. The Kier molecular flexibility index (Phi) is 4.07. The molecule has 0 heterocycles. The Morgan fingerprint density at radius 3 is 2.28 bits per heavy atom. The summed E-state index contributed by atoms with van der Waals surface area (Å²) >= 11 is 0. The molecule has 2 aromatic rings. The molecule has 0 saturated heterocycles. The van der Waals surface area contributed by atoms with Crippen molar-refractivity contribution in [2.45, 2.75) is 6.61 Å². The number of ether oxygens (including phenoxy) is 3. The fourth-order valence-electron chi connectivity index (χ4n) is 1.65. The van der Waals surface area contributed by atoms with Crippen LogP contribution in [0.3, 0.4) is 0 Å². The highest BCUT2D eigenvalue weighted by atomic mass is 16.5. The van der Waals surface area contributed by atoms with Crippen molar-refractivity contribution in [2.24, 2.45) is 0 Å². The molecule has 0 aliphatic carbocycles. The van der Waals surface area contributed by atoms with Gasteiger partial charge in [-0.1, -0.05) is 18.2 Å². The Morgan fingerprint density at radius 1 is 0.833 bits per heavy atom. The van der Waals surface area contributed by atoms with Crippen LogP contribution in [0.25, 0.3) is 0 Å². The first-order chi connectivity index (χ1) is 8.83. The number of para-hydroxylation sites is 1. The number of hydrogen-bond donors (Lipinski definition) is 0. The first-order valence-corrected chi connectivity index (χ1v) is 5.72. The molecule has 0 radical (unpaired) electrons. The van der Waals surface area contributed by atoms with Crippen molar-refractivity contribution in [1.82, 2.24) is 0 Å². The molecule has 18 heavy (non-hydrogen) atoms. The van der Waals surface area contributed by atoms with Crippen LogP contribution in [-0.4, -0.2) is 14.2 Å². The minimum Gasteiger partial charge on any atom is -0.497 e. The predicted molar refractivity (Wildman–Crippen MR) is 70.3 cm³/mol. The SMILES string of the molecule is COc1ccc(COc2ccccc2)c(OC)c1. The first-order valence-electron chi connectivity index (χ1n) is 5.72. The maximum Gasteiger partial charge on any atom is 0.129 e. The van der Waals surface area contributed by atoms with Gasteiger partial charge in [0, 0.05) is 11.6 Å². The molecule has 94 valence electrons. The van der Waals surface area contributed by atoms with Crippen LogP contribution in [0.2, 0.25) is 0 Å². The minimum atomic E-state index is 0.469. The molecular formula is C15H16O3. The van der Waals surface area contributed by atoms with E-state index in [4.69, 9.17) is 14.2 Å². The molecule has 0 N–H and O–H groups in total. The Balaban J connectivity index is 2.09. The van der Waals surface area contributed by atoms with Gasteiger partial charge in [0.25, 0.3) is 0 Å². The third-order valence-corrected chi connectivity index (χ3v) is 2.63. The Morgan fingerprint density at radius 2 is 1.61 bits per heavy atom. The monoisotopic (exact) mass is 244 g/mol. The van der Waals surface area contributed by atoms with Gasteiger partial charge >= 0.3 is 0 Å². The summed E-state index contributed by atoms with van der Waals surface area (Å²) in [4.78, 5) is 0. The summed E-state index contributed by atoms with van der Waals surface area (Å²) in [6.45, 7) is 0.469. The molecule has 0 spiro atoms. The van der Waals surface area contributed by atoms with Crippen molar-refractivity contribution in [3.63, 3.8) is 0 Å². The van der Waals surface area contributed by atoms with E-state index in [9.17, 15) is 0 Å². The smallest absolute Gasteiger partial charge is 0.129 e. The molecule has 3 heteroatoms. The van der Waals surface area contributed by atoms with Gasteiger partial charge in [-0.25, -0.2) is 0 Å². The molecule has 0 unspecified atom stereocenters.